The van der Waals surface area contributed by atoms with Gasteiger partial charge in [-0.15, -0.1) is 0 Å². The Morgan fingerprint density at radius 1 is 1.28 bits per heavy atom. The summed E-state index contributed by atoms with van der Waals surface area (Å²) < 4.78 is 48.2. The summed E-state index contributed by atoms with van der Waals surface area (Å²) in [5.41, 5.74) is 1.50. The van der Waals surface area contributed by atoms with E-state index in [1.54, 1.807) is 19.9 Å². The number of alkyl halides is 2. The quantitative estimate of drug-likeness (QED) is 0.163. The standard InChI is InChI=1S/C29H35F3N12O2/c1-15-8-25(42-41-15)38-27-21-11-36-44(14-24(31)32)28(21)40-26(39-27)18-6-7-20(23(9-18)46-5)29(45)37-16(2)22(33-4)12-34-17(3)43-13-19(30)10-35-43/h8,10-13,16,18,20,23-24H,4,6-7,9,14H2,1-3,5H3,(H,37,45)(H2,38,39,40,41,42)/b22-12-,34-17?/t16-,18+,20-,23-/m0/s1. The van der Waals surface area contributed by atoms with Gasteiger partial charge in [0.2, 0.25) is 5.91 Å². The lowest BCUT2D eigenvalue weighted by Gasteiger charge is -2.34. The first-order chi connectivity index (χ1) is 22.1. The van der Waals surface area contributed by atoms with E-state index in [9.17, 15) is 18.0 Å². The summed E-state index contributed by atoms with van der Waals surface area (Å²) >= 11 is 0. The Morgan fingerprint density at radius 2 is 2.09 bits per heavy atom. The van der Waals surface area contributed by atoms with Crippen LogP contribution in [0, 0.1) is 18.7 Å². The minimum absolute atomic E-state index is 0.220. The van der Waals surface area contributed by atoms with Crippen molar-refractivity contribution in [1.82, 2.24) is 45.0 Å². The number of aromatic amines is 1. The number of ether oxygens (including phenoxy) is 1. The van der Waals surface area contributed by atoms with Gasteiger partial charge in [0.25, 0.3) is 6.43 Å². The molecule has 0 saturated heterocycles. The molecular formula is C29H35F3N12O2. The molecule has 4 aromatic rings. The van der Waals surface area contributed by atoms with Crippen LogP contribution in [0.25, 0.3) is 11.0 Å². The molecule has 0 aromatic carbocycles. The lowest BCUT2D eigenvalue weighted by atomic mass is 9.78. The van der Waals surface area contributed by atoms with Crippen LogP contribution in [0.2, 0.25) is 0 Å². The molecule has 0 spiro atoms. The van der Waals surface area contributed by atoms with Crippen molar-refractivity contribution < 1.29 is 22.7 Å². The Labute approximate surface area is 262 Å². The van der Waals surface area contributed by atoms with Crippen molar-refractivity contribution in [2.75, 3.05) is 12.4 Å². The van der Waals surface area contributed by atoms with Gasteiger partial charge in [-0.2, -0.15) is 15.3 Å². The van der Waals surface area contributed by atoms with E-state index in [0.29, 0.717) is 53.6 Å². The van der Waals surface area contributed by atoms with Crippen molar-refractivity contribution >= 4 is 41.1 Å². The van der Waals surface area contributed by atoms with Gasteiger partial charge in [0, 0.05) is 24.8 Å². The van der Waals surface area contributed by atoms with E-state index >= 15 is 0 Å². The maximum absolute atomic E-state index is 13.4. The van der Waals surface area contributed by atoms with Gasteiger partial charge < -0.3 is 15.4 Å². The Bertz CT molecular complexity index is 1760. The van der Waals surface area contributed by atoms with E-state index in [4.69, 9.17) is 9.72 Å². The summed E-state index contributed by atoms with van der Waals surface area (Å²) in [5.74, 6) is 0.303. The number of carbonyl (C=O) groups is 1. The van der Waals surface area contributed by atoms with Crippen LogP contribution in [-0.4, -0.2) is 83.9 Å². The van der Waals surface area contributed by atoms with E-state index in [1.165, 1.54) is 30.4 Å². The van der Waals surface area contributed by atoms with E-state index < -0.39 is 36.9 Å². The third-order valence-corrected chi connectivity index (χ3v) is 7.82. The maximum atomic E-state index is 13.4. The van der Waals surface area contributed by atoms with Gasteiger partial charge >= 0.3 is 0 Å². The first-order valence-corrected chi connectivity index (χ1v) is 14.6. The maximum Gasteiger partial charge on any atom is 0.258 e. The fourth-order valence-corrected chi connectivity index (χ4v) is 5.42. The largest absolute Gasteiger partial charge is 0.381 e. The zero-order valence-electron chi connectivity index (χ0n) is 25.8. The summed E-state index contributed by atoms with van der Waals surface area (Å²) in [4.78, 5) is 31.1. The first-order valence-electron chi connectivity index (χ1n) is 14.6. The highest BCUT2D eigenvalue weighted by Crippen LogP contribution is 2.38. The number of rotatable bonds is 11. The Kier molecular flexibility index (Phi) is 9.89. The summed E-state index contributed by atoms with van der Waals surface area (Å²) in [5, 5.41) is 21.6. The van der Waals surface area contributed by atoms with Gasteiger partial charge in [0.15, 0.2) is 17.3 Å². The van der Waals surface area contributed by atoms with E-state index in [0.717, 1.165) is 16.6 Å². The summed E-state index contributed by atoms with van der Waals surface area (Å²) in [6.07, 6.45) is 3.50. The second kappa shape index (κ2) is 14.0. The molecular weight excluding hydrogens is 605 g/mol. The average Bonchev–Trinajstić information content (AvgIpc) is 3.76. The second-order valence-electron chi connectivity index (χ2n) is 11.1. The van der Waals surface area contributed by atoms with Gasteiger partial charge in [0.1, 0.15) is 24.0 Å². The van der Waals surface area contributed by atoms with E-state index in [1.807, 2.05) is 6.92 Å². The zero-order chi connectivity index (χ0) is 33.0. The van der Waals surface area contributed by atoms with Crippen LogP contribution in [0.3, 0.4) is 0 Å². The number of methoxy groups -OCH3 is 1. The lowest BCUT2D eigenvalue weighted by Crippen LogP contribution is -2.45. The number of aliphatic imine (C=N–C) groups is 2. The fourth-order valence-electron chi connectivity index (χ4n) is 5.42. The molecule has 46 heavy (non-hydrogen) atoms. The first kappa shape index (κ1) is 32.5. The third-order valence-electron chi connectivity index (χ3n) is 7.82. The van der Waals surface area contributed by atoms with Crippen molar-refractivity contribution in [3.63, 3.8) is 0 Å². The molecule has 4 aromatic heterocycles. The SMILES string of the molecule is C=N/C(=C\N=C(C)n1cc(F)cn1)[C@H](C)NC(=O)[C@H]1CC[C@@H](c2nc(Nc3cc(C)[nH]n3)c3cnn(CC(F)F)c3n2)C[C@@H]1OC. The molecule has 1 fully saturated rings. The van der Waals surface area contributed by atoms with Crippen LogP contribution in [-0.2, 0) is 16.1 Å². The highest BCUT2D eigenvalue weighted by atomic mass is 19.3. The van der Waals surface area contributed by atoms with E-state index in [2.05, 4.69) is 52.7 Å². The predicted molar refractivity (Wildman–Crippen MR) is 165 cm³/mol. The number of aryl methyl sites for hydroxylation is 1. The van der Waals surface area contributed by atoms with Gasteiger partial charge in [-0.25, -0.2) is 37.5 Å². The zero-order valence-corrected chi connectivity index (χ0v) is 25.8. The minimum Gasteiger partial charge on any atom is -0.381 e. The summed E-state index contributed by atoms with van der Waals surface area (Å²) in [6, 6.07) is 1.26. The van der Waals surface area contributed by atoms with Crippen molar-refractivity contribution in [2.24, 2.45) is 15.9 Å². The number of nitrogens with zero attached hydrogens (tertiary/aromatic N) is 9. The molecule has 0 aliphatic heterocycles. The second-order valence-corrected chi connectivity index (χ2v) is 11.1. The molecule has 1 aliphatic carbocycles. The molecule has 1 aliphatic rings. The average molecular weight is 641 g/mol. The molecule has 0 unspecified atom stereocenters. The third kappa shape index (κ3) is 7.30. The smallest absolute Gasteiger partial charge is 0.258 e. The highest BCUT2D eigenvalue weighted by Gasteiger charge is 2.38. The van der Waals surface area contributed by atoms with Crippen LogP contribution in [0.4, 0.5) is 24.8 Å². The van der Waals surface area contributed by atoms with Crippen molar-refractivity contribution in [2.45, 2.75) is 71.1 Å². The van der Waals surface area contributed by atoms with Crippen LogP contribution >= 0.6 is 0 Å². The Balaban J connectivity index is 1.32. The van der Waals surface area contributed by atoms with E-state index in [-0.39, 0.29) is 17.5 Å². The summed E-state index contributed by atoms with van der Waals surface area (Å²) in [7, 11) is 1.54. The predicted octanol–water partition coefficient (Wildman–Crippen LogP) is 4.11. The Morgan fingerprint density at radius 3 is 2.74 bits per heavy atom. The number of H-pyrrole nitrogens is 1. The number of halogens is 3. The fraction of sp³-hybridized carbons (Fsp3) is 0.448. The number of anilines is 2. The monoisotopic (exact) mass is 640 g/mol. The molecule has 244 valence electrons. The van der Waals surface area contributed by atoms with Crippen molar-refractivity contribution in [3.05, 3.63) is 53.9 Å². The molecule has 4 heterocycles. The number of hydrogen-bond acceptors (Lipinski definition) is 10. The number of amides is 1. The van der Waals surface area contributed by atoms with Gasteiger partial charge in [0.05, 0.1) is 53.9 Å². The molecule has 0 radical (unpaired) electrons. The van der Waals surface area contributed by atoms with Crippen LogP contribution < -0.4 is 10.6 Å². The number of nitrogens with one attached hydrogen (secondary N) is 3. The number of hydrogen-bond donors (Lipinski definition) is 3. The van der Waals surface area contributed by atoms with Crippen LogP contribution in [0.15, 0.2) is 46.5 Å². The molecule has 17 heteroatoms. The lowest BCUT2D eigenvalue weighted by molar-refractivity contribution is -0.132. The minimum atomic E-state index is -2.62. The number of aromatic nitrogens is 8. The number of fused-ring (bicyclic) bond motifs is 1. The highest BCUT2D eigenvalue weighted by molar-refractivity contribution is 5.88. The molecule has 3 N–H and O–H groups in total. The molecule has 1 amide bonds. The van der Waals surface area contributed by atoms with Gasteiger partial charge in [-0.1, -0.05) is 0 Å². The van der Waals surface area contributed by atoms with Gasteiger partial charge in [-0.3, -0.25) is 14.9 Å². The molecule has 0 bridgehead atoms. The normalized spacial score (nSPS) is 19.9. The molecule has 4 atom stereocenters. The molecule has 5 rings (SSSR count). The molecule has 14 nitrogen and oxygen atoms in total. The summed E-state index contributed by atoms with van der Waals surface area (Å²) in [6.45, 7) is 8.23. The van der Waals surface area contributed by atoms with Crippen LogP contribution in [0.5, 0.6) is 0 Å². The van der Waals surface area contributed by atoms with Crippen molar-refractivity contribution in [3.8, 4) is 0 Å². The topological polar surface area (TPSA) is 165 Å². The number of carbonyl (C=O) groups excluding carboxylic acids is 1. The Hall–Kier alpha value is -4.93. The van der Waals surface area contributed by atoms with Crippen molar-refractivity contribution in [1.29, 1.82) is 0 Å². The molecule has 1 saturated carbocycles. The van der Waals surface area contributed by atoms with Gasteiger partial charge in [-0.05, 0) is 46.8 Å². The van der Waals surface area contributed by atoms with Crippen LogP contribution in [0.1, 0.15) is 50.5 Å².